The molecule has 0 spiro atoms. The van der Waals surface area contributed by atoms with E-state index in [4.69, 9.17) is 4.74 Å². The third-order valence-electron chi connectivity index (χ3n) is 2.40. The van der Waals surface area contributed by atoms with E-state index in [0.29, 0.717) is 25.9 Å². The minimum absolute atomic E-state index is 0.158. The SMILES string of the molecule is COc1cccc(/C=C/C(=O)NCCCNC=O)c1. The molecule has 1 aromatic carbocycles. The zero-order valence-corrected chi connectivity index (χ0v) is 10.9. The summed E-state index contributed by atoms with van der Waals surface area (Å²) in [6, 6.07) is 7.44. The van der Waals surface area contributed by atoms with Crippen LogP contribution in [0.5, 0.6) is 5.75 Å². The number of amides is 2. The van der Waals surface area contributed by atoms with Gasteiger partial charge in [0.1, 0.15) is 5.75 Å². The van der Waals surface area contributed by atoms with Gasteiger partial charge < -0.3 is 15.4 Å². The molecule has 2 N–H and O–H groups in total. The van der Waals surface area contributed by atoms with Crippen LogP contribution in [-0.2, 0) is 9.59 Å². The fourth-order valence-electron chi connectivity index (χ4n) is 1.44. The van der Waals surface area contributed by atoms with E-state index in [1.165, 1.54) is 6.08 Å². The molecule has 19 heavy (non-hydrogen) atoms. The Morgan fingerprint density at radius 3 is 2.95 bits per heavy atom. The summed E-state index contributed by atoms with van der Waals surface area (Å²) in [6.07, 6.45) is 4.55. The number of carbonyl (C=O) groups excluding carboxylic acids is 2. The normalized spacial score (nSPS) is 10.2. The Hall–Kier alpha value is -2.30. The number of carbonyl (C=O) groups is 2. The molecule has 0 fully saturated rings. The average Bonchev–Trinajstić information content (AvgIpc) is 2.45. The quantitative estimate of drug-likeness (QED) is 0.416. The van der Waals surface area contributed by atoms with E-state index in [1.807, 2.05) is 24.3 Å². The topological polar surface area (TPSA) is 67.4 Å². The van der Waals surface area contributed by atoms with Crippen molar-refractivity contribution in [2.45, 2.75) is 6.42 Å². The first-order chi connectivity index (χ1) is 9.26. The summed E-state index contributed by atoms with van der Waals surface area (Å²) in [5.74, 6) is 0.594. The van der Waals surface area contributed by atoms with Crippen LogP contribution in [0.4, 0.5) is 0 Å². The van der Waals surface area contributed by atoms with Gasteiger partial charge in [0.05, 0.1) is 7.11 Å². The summed E-state index contributed by atoms with van der Waals surface area (Å²) in [7, 11) is 1.60. The van der Waals surface area contributed by atoms with Crippen molar-refractivity contribution in [1.29, 1.82) is 0 Å². The van der Waals surface area contributed by atoms with Crippen molar-refractivity contribution in [2.75, 3.05) is 20.2 Å². The smallest absolute Gasteiger partial charge is 0.244 e. The maximum absolute atomic E-state index is 11.5. The zero-order valence-electron chi connectivity index (χ0n) is 10.9. The van der Waals surface area contributed by atoms with Gasteiger partial charge >= 0.3 is 0 Å². The molecule has 1 rings (SSSR count). The highest BCUT2D eigenvalue weighted by Gasteiger charge is 1.95. The Bertz CT molecular complexity index is 444. The number of hydrogen-bond acceptors (Lipinski definition) is 3. The van der Waals surface area contributed by atoms with Crippen molar-refractivity contribution >= 4 is 18.4 Å². The van der Waals surface area contributed by atoms with Crippen LogP contribution in [0.1, 0.15) is 12.0 Å². The first-order valence-electron chi connectivity index (χ1n) is 6.03. The van der Waals surface area contributed by atoms with Gasteiger partial charge in [0, 0.05) is 19.2 Å². The largest absolute Gasteiger partial charge is 0.497 e. The Labute approximate surface area is 112 Å². The first kappa shape index (κ1) is 14.8. The van der Waals surface area contributed by atoms with Gasteiger partial charge in [0.2, 0.25) is 12.3 Å². The molecule has 0 heterocycles. The zero-order chi connectivity index (χ0) is 13.9. The lowest BCUT2D eigenvalue weighted by atomic mass is 10.2. The van der Waals surface area contributed by atoms with Gasteiger partial charge in [0.25, 0.3) is 0 Å². The molecular weight excluding hydrogens is 244 g/mol. The Kier molecular flexibility index (Phi) is 6.79. The van der Waals surface area contributed by atoms with E-state index in [0.717, 1.165) is 11.3 Å². The van der Waals surface area contributed by atoms with Crippen molar-refractivity contribution in [3.05, 3.63) is 35.9 Å². The van der Waals surface area contributed by atoms with Crippen LogP contribution in [0.25, 0.3) is 6.08 Å². The fraction of sp³-hybridized carbons (Fsp3) is 0.286. The van der Waals surface area contributed by atoms with Gasteiger partial charge in [-0.3, -0.25) is 9.59 Å². The molecule has 0 aliphatic heterocycles. The van der Waals surface area contributed by atoms with Gasteiger partial charge in [-0.2, -0.15) is 0 Å². The van der Waals surface area contributed by atoms with E-state index in [-0.39, 0.29) is 5.91 Å². The minimum Gasteiger partial charge on any atom is -0.497 e. The molecule has 5 nitrogen and oxygen atoms in total. The number of methoxy groups -OCH3 is 1. The van der Waals surface area contributed by atoms with Gasteiger partial charge in [-0.1, -0.05) is 12.1 Å². The fourth-order valence-corrected chi connectivity index (χ4v) is 1.44. The van der Waals surface area contributed by atoms with Crippen LogP contribution in [0.15, 0.2) is 30.3 Å². The average molecular weight is 262 g/mol. The van der Waals surface area contributed by atoms with E-state index in [1.54, 1.807) is 13.2 Å². The Balaban J connectivity index is 2.34. The molecule has 0 bridgehead atoms. The third kappa shape index (κ3) is 6.26. The maximum Gasteiger partial charge on any atom is 0.244 e. The maximum atomic E-state index is 11.5. The Morgan fingerprint density at radius 1 is 1.37 bits per heavy atom. The molecular formula is C14H18N2O3. The summed E-state index contributed by atoms with van der Waals surface area (Å²) in [5, 5.41) is 5.26. The first-order valence-corrected chi connectivity index (χ1v) is 6.03. The van der Waals surface area contributed by atoms with Crippen LogP contribution in [0, 0.1) is 0 Å². The molecule has 0 aromatic heterocycles. The van der Waals surface area contributed by atoms with Crippen molar-refractivity contribution in [3.63, 3.8) is 0 Å². The van der Waals surface area contributed by atoms with Gasteiger partial charge in [-0.15, -0.1) is 0 Å². The van der Waals surface area contributed by atoms with Crippen LogP contribution in [-0.4, -0.2) is 32.5 Å². The highest BCUT2D eigenvalue weighted by molar-refractivity contribution is 5.91. The molecule has 0 saturated carbocycles. The molecule has 0 aliphatic rings. The Morgan fingerprint density at radius 2 is 2.21 bits per heavy atom. The highest BCUT2D eigenvalue weighted by atomic mass is 16.5. The molecule has 0 radical (unpaired) electrons. The molecule has 102 valence electrons. The van der Waals surface area contributed by atoms with Crippen molar-refractivity contribution < 1.29 is 14.3 Å². The van der Waals surface area contributed by atoms with Crippen LogP contribution < -0.4 is 15.4 Å². The monoisotopic (exact) mass is 262 g/mol. The van der Waals surface area contributed by atoms with Crippen molar-refractivity contribution in [1.82, 2.24) is 10.6 Å². The number of ether oxygens (including phenoxy) is 1. The number of rotatable bonds is 8. The summed E-state index contributed by atoms with van der Waals surface area (Å²) in [4.78, 5) is 21.5. The predicted octanol–water partition coefficient (Wildman–Crippen LogP) is 0.961. The van der Waals surface area contributed by atoms with E-state index in [2.05, 4.69) is 10.6 Å². The lowest BCUT2D eigenvalue weighted by Crippen LogP contribution is -2.25. The van der Waals surface area contributed by atoms with E-state index in [9.17, 15) is 9.59 Å². The highest BCUT2D eigenvalue weighted by Crippen LogP contribution is 2.13. The molecule has 1 aromatic rings. The second-order valence-corrected chi connectivity index (χ2v) is 3.83. The minimum atomic E-state index is -0.158. The van der Waals surface area contributed by atoms with E-state index >= 15 is 0 Å². The predicted molar refractivity (Wildman–Crippen MR) is 73.7 cm³/mol. The van der Waals surface area contributed by atoms with Crippen LogP contribution in [0.3, 0.4) is 0 Å². The molecule has 0 unspecified atom stereocenters. The summed E-state index contributed by atoms with van der Waals surface area (Å²) < 4.78 is 5.09. The molecule has 0 atom stereocenters. The standard InChI is InChI=1S/C14H18N2O3/c1-19-13-5-2-4-12(10-13)6-7-14(18)16-9-3-8-15-11-17/h2,4-7,10-11H,3,8-9H2,1H3,(H,15,17)(H,16,18)/b7-6+. The van der Waals surface area contributed by atoms with Crippen molar-refractivity contribution in [3.8, 4) is 5.75 Å². The van der Waals surface area contributed by atoms with Crippen LogP contribution in [0.2, 0.25) is 0 Å². The van der Waals surface area contributed by atoms with Gasteiger partial charge in [-0.25, -0.2) is 0 Å². The molecule has 0 aliphatic carbocycles. The van der Waals surface area contributed by atoms with Gasteiger partial charge in [-0.05, 0) is 30.2 Å². The lowest BCUT2D eigenvalue weighted by molar-refractivity contribution is -0.116. The summed E-state index contributed by atoms with van der Waals surface area (Å²) >= 11 is 0. The number of benzene rings is 1. The molecule has 2 amide bonds. The van der Waals surface area contributed by atoms with E-state index < -0.39 is 0 Å². The lowest BCUT2D eigenvalue weighted by Gasteiger charge is -2.02. The third-order valence-corrected chi connectivity index (χ3v) is 2.40. The van der Waals surface area contributed by atoms with Crippen molar-refractivity contribution in [2.24, 2.45) is 0 Å². The summed E-state index contributed by atoms with van der Waals surface area (Å²) in [6.45, 7) is 1.09. The van der Waals surface area contributed by atoms with Crippen LogP contribution >= 0.6 is 0 Å². The molecule has 0 saturated heterocycles. The molecule has 5 heteroatoms. The number of hydrogen-bond donors (Lipinski definition) is 2. The second kappa shape index (κ2) is 8.74. The van der Waals surface area contributed by atoms with Gasteiger partial charge in [0.15, 0.2) is 0 Å². The second-order valence-electron chi connectivity index (χ2n) is 3.83. The number of nitrogens with one attached hydrogen (secondary N) is 2. The summed E-state index contributed by atoms with van der Waals surface area (Å²) in [5.41, 5.74) is 0.900.